The number of benzene rings is 1. The minimum absolute atomic E-state index is 0.708. The zero-order valence-electron chi connectivity index (χ0n) is 26.2. The molecule has 0 aromatic heterocycles. The first-order chi connectivity index (χ1) is 19.5. The van der Waals surface area contributed by atoms with Crippen LogP contribution in [0, 0.1) is 0 Å². The van der Waals surface area contributed by atoms with Gasteiger partial charge in [-0.1, -0.05) is 56.7 Å². The maximum absolute atomic E-state index is 9.90. The van der Waals surface area contributed by atoms with Crippen LogP contribution in [-0.2, 0) is 16.0 Å². The molecular weight excluding hydrogens is 518 g/mol. The quantitative estimate of drug-likeness (QED) is 0.0758. The molecule has 8 heteroatoms. The average Bonchev–Trinajstić information content (AvgIpc) is 3.37. The van der Waals surface area contributed by atoms with E-state index in [2.05, 4.69) is 61.8 Å². The van der Waals surface area contributed by atoms with Crippen LogP contribution in [0.4, 0.5) is 0 Å². The first-order valence-electron chi connectivity index (χ1n) is 15.8. The van der Waals surface area contributed by atoms with Crippen LogP contribution < -0.4 is 11.1 Å². The number of likely N-dealkylation sites (N-methyl/N-ethyl adjacent to an activating group) is 1. The molecule has 0 bridgehead atoms. The van der Waals surface area contributed by atoms with Crippen molar-refractivity contribution in [1.82, 2.24) is 9.62 Å². The summed E-state index contributed by atoms with van der Waals surface area (Å²) in [6, 6.07) is 9.17. The standard InChI is InChI=1S/C21H36N3S.C11H24N2O2/c1-5-18-25-23(3)16-9-7-8-10-19-11-13-20(14-12-19)21-22-15-17-24(21,4)6-2;12-7-4-2-1-3-5-9-15-10-6-8-13-11-14/h11-14H,5-10,15-18H2,1-4H3;11H,1-10,12H2,(H,13,14)/q+1;. The Hall–Kier alpha value is -1.45. The Bertz CT molecular complexity index is 777. The summed E-state index contributed by atoms with van der Waals surface area (Å²) < 4.78 is 8.77. The van der Waals surface area contributed by atoms with Gasteiger partial charge in [-0.15, -0.1) is 0 Å². The van der Waals surface area contributed by atoms with E-state index in [1.54, 1.807) is 0 Å². The fourth-order valence-electron chi connectivity index (χ4n) is 4.65. The molecular formula is C32H60N5O2S+. The lowest BCUT2D eigenvalue weighted by molar-refractivity contribution is -0.811. The van der Waals surface area contributed by atoms with Gasteiger partial charge in [0.15, 0.2) is 0 Å². The number of aryl methyl sites for hydroxylation is 1. The highest BCUT2D eigenvalue weighted by molar-refractivity contribution is 7.96. The van der Waals surface area contributed by atoms with E-state index in [1.807, 2.05) is 11.9 Å². The molecule has 40 heavy (non-hydrogen) atoms. The highest BCUT2D eigenvalue weighted by atomic mass is 32.2. The Balaban J connectivity index is 0.000000459. The van der Waals surface area contributed by atoms with Crippen molar-refractivity contribution in [3.8, 4) is 0 Å². The summed E-state index contributed by atoms with van der Waals surface area (Å²) in [5.41, 5.74) is 8.16. The number of carbonyl (C=O) groups is 1. The van der Waals surface area contributed by atoms with Crippen molar-refractivity contribution in [2.75, 3.05) is 72.3 Å². The molecule has 1 aliphatic heterocycles. The lowest BCUT2D eigenvalue weighted by Gasteiger charge is -2.28. The zero-order valence-corrected chi connectivity index (χ0v) is 27.0. The van der Waals surface area contributed by atoms with Crippen LogP contribution in [0.5, 0.6) is 0 Å². The number of aliphatic imine (C=N–C) groups is 1. The first kappa shape index (κ1) is 36.6. The minimum Gasteiger partial charge on any atom is -0.381 e. The van der Waals surface area contributed by atoms with Crippen molar-refractivity contribution in [2.45, 2.75) is 84.5 Å². The molecule has 2 rings (SSSR count). The van der Waals surface area contributed by atoms with Gasteiger partial charge in [0, 0.05) is 32.1 Å². The van der Waals surface area contributed by atoms with Crippen LogP contribution in [-0.4, -0.2) is 93.4 Å². The molecule has 1 amide bonds. The molecule has 0 saturated carbocycles. The lowest BCUT2D eigenvalue weighted by Crippen LogP contribution is -2.47. The second-order valence-corrected chi connectivity index (χ2v) is 12.2. The number of ether oxygens (including phenoxy) is 1. The summed E-state index contributed by atoms with van der Waals surface area (Å²) in [5, 5.41) is 2.60. The Morgan fingerprint density at radius 3 is 2.42 bits per heavy atom. The number of hydrogen-bond acceptors (Lipinski definition) is 6. The van der Waals surface area contributed by atoms with E-state index in [1.165, 1.54) is 80.6 Å². The van der Waals surface area contributed by atoms with Crippen LogP contribution in [0.25, 0.3) is 0 Å². The Labute approximate surface area is 250 Å². The smallest absolute Gasteiger partial charge is 0.230 e. The molecule has 0 spiro atoms. The summed E-state index contributed by atoms with van der Waals surface area (Å²) in [7, 11) is 4.52. The van der Waals surface area contributed by atoms with Crippen molar-refractivity contribution in [1.29, 1.82) is 0 Å². The van der Waals surface area contributed by atoms with Gasteiger partial charge >= 0.3 is 0 Å². The number of unbranched alkanes of at least 4 members (excludes halogenated alkanes) is 6. The van der Waals surface area contributed by atoms with Gasteiger partial charge in [-0.3, -0.25) is 13.6 Å². The minimum atomic E-state index is 0.708. The molecule has 3 N–H and O–H groups in total. The summed E-state index contributed by atoms with van der Waals surface area (Å²) in [6.07, 6.45) is 14.0. The van der Waals surface area contributed by atoms with Gasteiger partial charge in [0.05, 0.1) is 25.7 Å². The van der Waals surface area contributed by atoms with Crippen molar-refractivity contribution in [3.63, 3.8) is 0 Å². The molecule has 0 fully saturated rings. The number of amidine groups is 1. The monoisotopic (exact) mass is 578 g/mol. The molecule has 0 aliphatic carbocycles. The zero-order chi connectivity index (χ0) is 29.3. The van der Waals surface area contributed by atoms with Crippen molar-refractivity contribution in [3.05, 3.63) is 35.4 Å². The third-order valence-electron chi connectivity index (χ3n) is 7.42. The third kappa shape index (κ3) is 16.7. The molecule has 1 aliphatic rings. The molecule has 1 aromatic carbocycles. The summed E-state index contributed by atoms with van der Waals surface area (Å²) in [6.45, 7) is 12.0. The Morgan fingerprint density at radius 2 is 1.73 bits per heavy atom. The van der Waals surface area contributed by atoms with Crippen molar-refractivity contribution in [2.24, 2.45) is 10.7 Å². The Kier molecular flexibility index (Phi) is 22.1. The average molecular weight is 579 g/mol. The van der Waals surface area contributed by atoms with Gasteiger partial charge in [0.1, 0.15) is 6.54 Å². The molecule has 0 radical (unpaired) electrons. The Morgan fingerprint density at radius 1 is 1.02 bits per heavy atom. The van der Waals surface area contributed by atoms with E-state index in [9.17, 15) is 4.79 Å². The van der Waals surface area contributed by atoms with E-state index in [-0.39, 0.29) is 0 Å². The number of rotatable bonds is 23. The number of quaternary nitrogens is 1. The maximum Gasteiger partial charge on any atom is 0.230 e. The van der Waals surface area contributed by atoms with E-state index < -0.39 is 0 Å². The predicted molar refractivity (Wildman–Crippen MR) is 174 cm³/mol. The number of hydrogen-bond donors (Lipinski definition) is 2. The van der Waals surface area contributed by atoms with Crippen molar-refractivity contribution >= 4 is 24.2 Å². The van der Waals surface area contributed by atoms with Crippen LogP contribution >= 0.6 is 11.9 Å². The number of amides is 1. The molecule has 1 aromatic rings. The summed E-state index contributed by atoms with van der Waals surface area (Å²) in [5.74, 6) is 2.51. The fourth-order valence-corrected chi connectivity index (χ4v) is 5.41. The van der Waals surface area contributed by atoms with E-state index in [0.29, 0.717) is 6.54 Å². The van der Waals surface area contributed by atoms with E-state index >= 15 is 0 Å². The largest absolute Gasteiger partial charge is 0.381 e. The van der Waals surface area contributed by atoms with Gasteiger partial charge in [0.2, 0.25) is 12.2 Å². The molecule has 230 valence electrons. The number of carbonyl (C=O) groups excluding carboxylic acids is 1. The van der Waals surface area contributed by atoms with Crippen LogP contribution in [0.1, 0.15) is 89.2 Å². The van der Waals surface area contributed by atoms with Gasteiger partial charge < -0.3 is 15.8 Å². The van der Waals surface area contributed by atoms with Crippen molar-refractivity contribution < 1.29 is 14.0 Å². The van der Waals surface area contributed by atoms with E-state index in [0.717, 1.165) is 69.5 Å². The van der Waals surface area contributed by atoms with Gasteiger partial charge in [-0.25, -0.2) is 4.99 Å². The number of nitrogens with two attached hydrogens (primary N) is 1. The topological polar surface area (TPSA) is 79.9 Å². The normalized spacial score (nSPS) is 16.5. The molecule has 0 saturated heterocycles. The van der Waals surface area contributed by atoms with Crippen LogP contribution in [0.2, 0.25) is 0 Å². The molecule has 1 atom stereocenters. The summed E-state index contributed by atoms with van der Waals surface area (Å²) in [4.78, 5) is 14.7. The lowest BCUT2D eigenvalue weighted by atomic mass is 10.0. The number of nitrogens with one attached hydrogen (secondary N) is 1. The van der Waals surface area contributed by atoms with E-state index in [4.69, 9.17) is 15.5 Å². The van der Waals surface area contributed by atoms with Gasteiger partial charge in [0.25, 0.3) is 0 Å². The first-order valence-corrected chi connectivity index (χ1v) is 16.7. The maximum atomic E-state index is 9.90. The molecule has 1 heterocycles. The van der Waals surface area contributed by atoms with Crippen LogP contribution in [0.3, 0.4) is 0 Å². The highest BCUT2D eigenvalue weighted by Gasteiger charge is 2.32. The fraction of sp³-hybridized carbons (Fsp3) is 0.750. The predicted octanol–water partition coefficient (Wildman–Crippen LogP) is 5.66. The number of nitrogens with zero attached hydrogens (tertiary/aromatic N) is 3. The van der Waals surface area contributed by atoms with Gasteiger partial charge in [-0.05, 0) is 83.2 Å². The second-order valence-electron chi connectivity index (χ2n) is 10.9. The SMILES string of the molecule is CCCSN(C)CCCCCc1ccc(C2=NCC[N+]2(C)CC)cc1.NCCCCCCCOCCCNC=O. The van der Waals surface area contributed by atoms with Gasteiger partial charge in [-0.2, -0.15) is 0 Å². The third-order valence-corrected chi connectivity index (χ3v) is 8.63. The summed E-state index contributed by atoms with van der Waals surface area (Å²) >= 11 is 1.97. The second kappa shape index (κ2) is 24.2. The highest BCUT2D eigenvalue weighted by Crippen LogP contribution is 2.19. The molecule has 1 unspecified atom stereocenters. The van der Waals surface area contributed by atoms with Crippen LogP contribution in [0.15, 0.2) is 29.3 Å². The molecule has 7 nitrogen and oxygen atoms in total.